The van der Waals surface area contributed by atoms with Gasteiger partial charge in [0.2, 0.25) is 0 Å². The minimum Gasteiger partial charge on any atom is -0.486 e. The molecule has 0 saturated heterocycles. The molecular weight excluding hydrogens is 326 g/mol. The Morgan fingerprint density at radius 2 is 1.88 bits per heavy atom. The largest absolute Gasteiger partial charge is 0.486 e. The van der Waals surface area contributed by atoms with Gasteiger partial charge in [-0.05, 0) is 29.8 Å². The molecule has 8 nitrogen and oxygen atoms in total. The van der Waals surface area contributed by atoms with Crippen LogP contribution in [0.1, 0.15) is 5.56 Å². The van der Waals surface area contributed by atoms with Crippen LogP contribution in [0.15, 0.2) is 48.5 Å². The molecule has 2 aromatic rings. The number of para-hydroxylation sites is 2. The summed E-state index contributed by atoms with van der Waals surface area (Å²) >= 11 is 0. The van der Waals surface area contributed by atoms with E-state index < -0.39 is 10.8 Å². The maximum Gasteiger partial charge on any atom is 0.294 e. The highest BCUT2D eigenvalue weighted by molar-refractivity contribution is 5.92. The first kappa shape index (κ1) is 16.3. The van der Waals surface area contributed by atoms with Crippen molar-refractivity contribution in [2.24, 2.45) is 0 Å². The van der Waals surface area contributed by atoms with Crippen molar-refractivity contribution in [2.45, 2.75) is 0 Å². The second-order valence-corrected chi connectivity index (χ2v) is 5.12. The van der Waals surface area contributed by atoms with Gasteiger partial charge in [0.1, 0.15) is 18.9 Å². The van der Waals surface area contributed by atoms with Crippen LogP contribution in [-0.2, 0) is 4.79 Å². The summed E-state index contributed by atoms with van der Waals surface area (Å²) in [6.45, 7) is 1.00. The summed E-state index contributed by atoms with van der Waals surface area (Å²) in [7, 11) is 0. The van der Waals surface area contributed by atoms with Gasteiger partial charge >= 0.3 is 0 Å². The van der Waals surface area contributed by atoms with Gasteiger partial charge in [0, 0.05) is 12.1 Å². The van der Waals surface area contributed by atoms with Gasteiger partial charge in [0.15, 0.2) is 11.5 Å². The molecule has 1 heterocycles. The van der Waals surface area contributed by atoms with Crippen molar-refractivity contribution >= 4 is 23.4 Å². The van der Waals surface area contributed by atoms with Crippen molar-refractivity contribution < 1.29 is 19.2 Å². The number of ether oxygens (including phenoxy) is 2. The molecule has 0 radical (unpaired) electrons. The van der Waals surface area contributed by atoms with E-state index in [4.69, 9.17) is 9.47 Å². The van der Waals surface area contributed by atoms with E-state index in [9.17, 15) is 14.9 Å². The molecule has 0 aliphatic carbocycles. The van der Waals surface area contributed by atoms with Crippen LogP contribution in [0.5, 0.6) is 11.5 Å². The molecule has 0 saturated carbocycles. The number of carbonyl (C=O) groups excluding carboxylic acids is 1. The molecule has 0 unspecified atom stereocenters. The third-order valence-electron chi connectivity index (χ3n) is 3.41. The Bertz CT molecular complexity index is 835. The van der Waals surface area contributed by atoms with Crippen molar-refractivity contribution in [3.8, 4) is 11.5 Å². The van der Waals surface area contributed by atoms with Gasteiger partial charge in [-0.1, -0.05) is 18.2 Å². The van der Waals surface area contributed by atoms with Crippen LogP contribution < -0.4 is 20.3 Å². The Labute approximate surface area is 143 Å². The Morgan fingerprint density at radius 3 is 2.68 bits per heavy atom. The molecule has 1 amide bonds. The second-order valence-electron chi connectivity index (χ2n) is 5.12. The molecule has 0 bridgehead atoms. The first-order chi connectivity index (χ1) is 12.1. The normalized spacial score (nSPS) is 12.6. The fraction of sp³-hybridized carbons (Fsp3) is 0.118. The molecule has 2 N–H and O–H groups in total. The Balaban J connectivity index is 1.61. The number of nitrogens with zero attached hydrogens (tertiary/aromatic N) is 1. The number of benzene rings is 2. The summed E-state index contributed by atoms with van der Waals surface area (Å²) in [5.74, 6) is 0.853. The molecule has 128 valence electrons. The molecule has 8 heteroatoms. The van der Waals surface area contributed by atoms with Crippen LogP contribution in [0.4, 0.5) is 11.4 Å². The monoisotopic (exact) mass is 341 g/mol. The van der Waals surface area contributed by atoms with Crippen molar-refractivity contribution in [3.05, 3.63) is 64.2 Å². The Hall–Kier alpha value is -3.55. The number of anilines is 1. The van der Waals surface area contributed by atoms with E-state index >= 15 is 0 Å². The van der Waals surface area contributed by atoms with Gasteiger partial charge in [0.05, 0.1) is 4.92 Å². The van der Waals surface area contributed by atoms with Crippen molar-refractivity contribution in [3.63, 3.8) is 0 Å². The number of hydrazine groups is 1. The third-order valence-corrected chi connectivity index (χ3v) is 3.41. The predicted molar refractivity (Wildman–Crippen MR) is 91.3 cm³/mol. The second kappa shape index (κ2) is 7.35. The fourth-order valence-electron chi connectivity index (χ4n) is 2.24. The van der Waals surface area contributed by atoms with Crippen molar-refractivity contribution in [1.29, 1.82) is 0 Å². The zero-order valence-electron chi connectivity index (χ0n) is 13.1. The summed E-state index contributed by atoms with van der Waals surface area (Å²) in [5, 5.41) is 10.9. The van der Waals surface area contributed by atoms with Gasteiger partial charge in [-0.25, -0.2) is 0 Å². The highest BCUT2D eigenvalue weighted by Gasteiger charge is 2.12. The number of carbonyl (C=O) groups is 1. The summed E-state index contributed by atoms with van der Waals surface area (Å²) in [4.78, 5) is 22.3. The highest BCUT2D eigenvalue weighted by Crippen LogP contribution is 2.31. The number of nitrogens with one attached hydrogen (secondary N) is 2. The molecule has 25 heavy (non-hydrogen) atoms. The van der Waals surface area contributed by atoms with Gasteiger partial charge in [-0.2, -0.15) is 0 Å². The molecule has 2 aromatic carbocycles. The summed E-state index contributed by atoms with van der Waals surface area (Å²) in [6, 6.07) is 11.4. The lowest BCUT2D eigenvalue weighted by Gasteiger charge is -2.18. The number of fused-ring (bicyclic) bond motifs is 1. The van der Waals surface area contributed by atoms with Gasteiger partial charge in [-0.3, -0.25) is 25.8 Å². The lowest BCUT2D eigenvalue weighted by atomic mass is 10.2. The third kappa shape index (κ3) is 4.05. The minimum absolute atomic E-state index is 0.126. The van der Waals surface area contributed by atoms with Crippen LogP contribution in [-0.4, -0.2) is 24.0 Å². The smallest absolute Gasteiger partial charge is 0.294 e. The molecule has 1 aliphatic rings. The van der Waals surface area contributed by atoms with E-state index in [2.05, 4.69) is 10.9 Å². The first-order valence-corrected chi connectivity index (χ1v) is 7.50. The quantitative estimate of drug-likeness (QED) is 0.492. The molecule has 1 aliphatic heterocycles. The lowest BCUT2D eigenvalue weighted by molar-refractivity contribution is -0.384. The number of nitro benzene ring substituents is 1. The molecule has 3 rings (SSSR count). The molecule has 0 spiro atoms. The van der Waals surface area contributed by atoms with Crippen LogP contribution in [0.3, 0.4) is 0 Å². The summed E-state index contributed by atoms with van der Waals surface area (Å²) < 4.78 is 10.9. The van der Waals surface area contributed by atoms with Gasteiger partial charge < -0.3 is 9.47 Å². The number of amides is 1. The summed E-state index contributed by atoms with van der Waals surface area (Å²) in [5.41, 5.74) is 5.78. The average molecular weight is 341 g/mol. The van der Waals surface area contributed by atoms with Gasteiger partial charge in [-0.15, -0.1) is 0 Å². The Morgan fingerprint density at radius 1 is 1.12 bits per heavy atom. The minimum atomic E-state index is -0.528. The maximum absolute atomic E-state index is 11.9. The van der Waals surface area contributed by atoms with E-state index in [1.54, 1.807) is 36.4 Å². The Kier molecular flexibility index (Phi) is 4.79. The molecular formula is C17H15N3O5. The average Bonchev–Trinajstić information content (AvgIpc) is 2.64. The van der Waals surface area contributed by atoms with E-state index in [1.165, 1.54) is 18.2 Å². The van der Waals surface area contributed by atoms with Crippen LogP contribution in [0, 0.1) is 10.1 Å². The number of rotatable bonds is 5. The number of nitro groups is 1. The van der Waals surface area contributed by atoms with Crippen molar-refractivity contribution in [1.82, 2.24) is 5.43 Å². The molecule has 0 fully saturated rings. The topological polar surface area (TPSA) is 103 Å². The fourth-order valence-corrected chi connectivity index (χ4v) is 2.24. The predicted octanol–water partition coefficient (Wildman–Crippen LogP) is 2.52. The molecule has 0 atom stereocenters. The van der Waals surface area contributed by atoms with Gasteiger partial charge in [0.25, 0.3) is 11.6 Å². The van der Waals surface area contributed by atoms with E-state index in [0.717, 1.165) is 5.56 Å². The van der Waals surface area contributed by atoms with Crippen LogP contribution >= 0.6 is 0 Å². The SMILES string of the molecule is O=C(C=Cc1ccc2c(c1)OCCO2)NNc1ccccc1[N+](=O)[O-]. The zero-order chi connectivity index (χ0) is 17.6. The number of hydrogen-bond donors (Lipinski definition) is 2. The standard InChI is InChI=1S/C17H15N3O5/c21-17(19-18-13-3-1-2-4-14(13)20(22)23)8-6-12-5-7-15-16(11-12)25-10-9-24-15/h1-8,11,18H,9-10H2,(H,19,21). The maximum atomic E-state index is 11.9. The van der Waals surface area contributed by atoms with E-state index in [1.807, 2.05) is 0 Å². The van der Waals surface area contributed by atoms with E-state index in [0.29, 0.717) is 24.7 Å². The molecule has 0 aromatic heterocycles. The highest BCUT2D eigenvalue weighted by atomic mass is 16.6. The lowest BCUT2D eigenvalue weighted by Crippen LogP contribution is -2.27. The van der Waals surface area contributed by atoms with E-state index in [-0.39, 0.29) is 11.4 Å². The summed E-state index contributed by atoms with van der Waals surface area (Å²) in [6.07, 6.45) is 2.92. The first-order valence-electron chi connectivity index (χ1n) is 7.50. The zero-order valence-corrected chi connectivity index (χ0v) is 13.1. The van der Waals surface area contributed by atoms with Crippen LogP contribution in [0.2, 0.25) is 0 Å². The number of hydrogen-bond acceptors (Lipinski definition) is 6. The van der Waals surface area contributed by atoms with Crippen LogP contribution in [0.25, 0.3) is 6.08 Å². The van der Waals surface area contributed by atoms with Crippen molar-refractivity contribution in [2.75, 3.05) is 18.6 Å².